The number of amides is 4. The zero-order valence-corrected chi connectivity index (χ0v) is 14.1. The first kappa shape index (κ1) is 17.2. The van der Waals surface area contributed by atoms with Gasteiger partial charge in [0.05, 0.1) is 0 Å². The van der Waals surface area contributed by atoms with Crippen LogP contribution >= 0.6 is 0 Å². The van der Waals surface area contributed by atoms with Gasteiger partial charge in [-0.1, -0.05) is 0 Å². The third kappa shape index (κ3) is 3.58. The van der Waals surface area contributed by atoms with E-state index in [1.807, 2.05) is 0 Å². The van der Waals surface area contributed by atoms with Gasteiger partial charge in [-0.15, -0.1) is 0 Å². The van der Waals surface area contributed by atoms with Crippen LogP contribution in [0.1, 0.15) is 19.8 Å². The molecule has 0 radical (unpaired) electrons. The van der Waals surface area contributed by atoms with Crippen molar-refractivity contribution in [1.82, 2.24) is 10.2 Å². The highest BCUT2D eigenvalue weighted by Gasteiger charge is 2.56. The van der Waals surface area contributed by atoms with Gasteiger partial charge in [-0.3, -0.25) is 14.5 Å². The van der Waals surface area contributed by atoms with E-state index >= 15 is 0 Å². The number of rotatable bonds is 7. The normalized spacial score (nSPS) is 22.7. The molecule has 25 heavy (non-hydrogen) atoms. The van der Waals surface area contributed by atoms with Gasteiger partial charge >= 0.3 is 6.03 Å². The summed E-state index contributed by atoms with van der Waals surface area (Å²) in [6.45, 7) is 2.25. The van der Waals surface area contributed by atoms with E-state index in [9.17, 15) is 14.4 Å². The summed E-state index contributed by atoms with van der Waals surface area (Å²) < 4.78 is 5.36. The fourth-order valence-electron chi connectivity index (χ4n) is 2.95. The maximum Gasteiger partial charge on any atom is 0.325 e. The zero-order valence-electron chi connectivity index (χ0n) is 14.1. The highest BCUT2D eigenvalue weighted by atomic mass is 16.5. The van der Waals surface area contributed by atoms with Crippen molar-refractivity contribution in [2.75, 3.05) is 25.0 Å². The summed E-state index contributed by atoms with van der Waals surface area (Å²) in [6.07, 6.45) is 1.84. The van der Waals surface area contributed by atoms with Crippen molar-refractivity contribution in [3.63, 3.8) is 0 Å². The van der Waals surface area contributed by atoms with Crippen molar-refractivity contribution in [3.05, 3.63) is 24.3 Å². The van der Waals surface area contributed by atoms with Gasteiger partial charge in [0, 0.05) is 12.2 Å². The second-order valence-electron chi connectivity index (χ2n) is 6.51. The SMILES string of the molecule is CC1(C2CC2)NC(=O)N(CC(=O)Nc2ccc(OCCN)cc2)C1=O. The quantitative estimate of drug-likeness (QED) is 0.628. The molecule has 1 saturated carbocycles. The van der Waals surface area contributed by atoms with Gasteiger partial charge in [0.2, 0.25) is 5.91 Å². The molecule has 8 heteroatoms. The average Bonchev–Trinajstić information content (AvgIpc) is 3.40. The molecular formula is C17H22N4O4. The molecule has 4 N–H and O–H groups in total. The Labute approximate surface area is 145 Å². The van der Waals surface area contributed by atoms with Crippen LogP contribution < -0.4 is 21.1 Å². The largest absolute Gasteiger partial charge is 0.492 e. The minimum Gasteiger partial charge on any atom is -0.492 e. The molecule has 8 nitrogen and oxygen atoms in total. The van der Waals surface area contributed by atoms with E-state index in [4.69, 9.17) is 10.5 Å². The molecule has 2 aliphatic rings. The van der Waals surface area contributed by atoms with Gasteiger partial charge in [-0.2, -0.15) is 0 Å². The van der Waals surface area contributed by atoms with Gasteiger partial charge in [0.15, 0.2) is 0 Å². The van der Waals surface area contributed by atoms with Crippen molar-refractivity contribution in [2.24, 2.45) is 11.7 Å². The molecule has 3 rings (SSSR count). The van der Waals surface area contributed by atoms with Crippen molar-refractivity contribution in [2.45, 2.75) is 25.3 Å². The highest BCUT2D eigenvalue weighted by Crippen LogP contribution is 2.42. The predicted octanol–water partition coefficient (Wildman–Crippen LogP) is 0.683. The molecule has 0 spiro atoms. The topological polar surface area (TPSA) is 114 Å². The van der Waals surface area contributed by atoms with Crippen LogP contribution in [0.4, 0.5) is 10.5 Å². The van der Waals surface area contributed by atoms with E-state index < -0.39 is 17.5 Å². The molecule has 1 unspecified atom stereocenters. The lowest BCUT2D eigenvalue weighted by molar-refractivity contribution is -0.134. The number of carbonyl (C=O) groups is 3. The lowest BCUT2D eigenvalue weighted by Gasteiger charge is -2.20. The number of nitrogens with zero attached hydrogens (tertiary/aromatic N) is 1. The zero-order chi connectivity index (χ0) is 18.0. The van der Waals surface area contributed by atoms with Crippen LogP contribution in [0.15, 0.2) is 24.3 Å². The van der Waals surface area contributed by atoms with Crippen LogP contribution in [0.2, 0.25) is 0 Å². The minimum absolute atomic E-state index is 0.165. The van der Waals surface area contributed by atoms with Crippen LogP contribution in [0.5, 0.6) is 5.75 Å². The van der Waals surface area contributed by atoms with Gasteiger partial charge < -0.3 is 21.1 Å². The molecule has 1 aliphatic heterocycles. The lowest BCUT2D eigenvalue weighted by Crippen LogP contribution is -2.46. The third-order valence-corrected chi connectivity index (χ3v) is 4.52. The molecule has 0 aromatic heterocycles. The first-order valence-corrected chi connectivity index (χ1v) is 8.31. The van der Waals surface area contributed by atoms with E-state index in [0.717, 1.165) is 17.7 Å². The van der Waals surface area contributed by atoms with Crippen molar-refractivity contribution in [1.29, 1.82) is 0 Å². The van der Waals surface area contributed by atoms with Crippen LogP contribution in [0.25, 0.3) is 0 Å². The Morgan fingerprint density at radius 2 is 2.04 bits per heavy atom. The summed E-state index contributed by atoms with van der Waals surface area (Å²) in [7, 11) is 0. The molecule has 1 aliphatic carbocycles. The number of hydrogen-bond acceptors (Lipinski definition) is 5. The molecule has 0 bridgehead atoms. The molecule has 1 aromatic carbocycles. The van der Waals surface area contributed by atoms with Crippen LogP contribution in [0, 0.1) is 5.92 Å². The molecule has 1 heterocycles. The number of ether oxygens (including phenoxy) is 1. The fourth-order valence-corrected chi connectivity index (χ4v) is 2.95. The number of anilines is 1. The highest BCUT2D eigenvalue weighted by molar-refractivity contribution is 6.10. The number of imide groups is 1. The molecule has 1 aromatic rings. The van der Waals surface area contributed by atoms with E-state index in [2.05, 4.69) is 10.6 Å². The molecule has 2 fully saturated rings. The Morgan fingerprint density at radius 3 is 2.64 bits per heavy atom. The van der Waals surface area contributed by atoms with Gasteiger partial charge in [0.1, 0.15) is 24.4 Å². The number of nitrogens with two attached hydrogens (primary N) is 1. The Morgan fingerprint density at radius 1 is 1.36 bits per heavy atom. The number of hydrogen-bond donors (Lipinski definition) is 3. The molecular weight excluding hydrogens is 324 g/mol. The molecule has 1 atom stereocenters. The maximum atomic E-state index is 12.5. The summed E-state index contributed by atoms with van der Waals surface area (Å²) in [6, 6.07) is 6.28. The predicted molar refractivity (Wildman–Crippen MR) is 91.0 cm³/mol. The van der Waals surface area contributed by atoms with Crippen molar-refractivity contribution < 1.29 is 19.1 Å². The summed E-state index contributed by atoms with van der Waals surface area (Å²) >= 11 is 0. The van der Waals surface area contributed by atoms with Gasteiger partial charge in [0.25, 0.3) is 5.91 Å². The Hall–Kier alpha value is -2.61. The minimum atomic E-state index is -0.876. The smallest absolute Gasteiger partial charge is 0.325 e. The third-order valence-electron chi connectivity index (χ3n) is 4.52. The Balaban J connectivity index is 1.57. The van der Waals surface area contributed by atoms with E-state index in [1.54, 1.807) is 31.2 Å². The second kappa shape index (κ2) is 6.72. The van der Waals surface area contributed by atoms with Crippen molar-refractivity contribution in [3.8, 4) is 5.75 Å². The second-order valence-corrected chi connectivity index (χ2v) is 6.51. The Bertz CT molecular complexity index is 686. The molecule has 1 saturated heterocycles. The van der Waals surface area contributed by atoms with E-state index in [1.165, 1.54) is 0 Å². The average molecular weight is 346 g/mol. The van der Waals surface area contributed by atoms with E-state index in [0.29, 0.717) is 24.6 Å². The maximum absolute atomic E-state index is 12.5. The summed E-state index contributed by atoms with van der Waals surface area (Å²) in [5, 5.41) is 5.39. The van der Waals surface area contributed by atoms with Crippen LogP contribution in [-0.2, 0) is 9.59 Å². The summed E-state index contributed by atoms with van der Waals surface area (Å²) in [5.41, 5.74) is 5.05. The summed E-state index contributed by atoms with van der Waals surface area (Å²) in [4.78, 5) is 37.7. The number of carbonyl (C=O) groups excluding carboxylic acids is 3. The molecule has 4 amide bonds. The standard InChI is InChI=1S/C17H22N4O4/c1-17(11-2-3-11)15(23)21(16(24)20-17)10-14(22)19-12-4-6-13(7-5-12)25-9-8-18/h4-7,11H,2-3,8-10,18H2,1H3,(H,19,22)(H,20,24). The van der Waals surface area contributed by atoms with E-state index in [-0.39, 0.29) is 18.4 Å². The number of urea groups is 1. The number of nitrogens with one attached hydrogen (secondary N) is 2. The number of benzene rings is 1. The lowest BCUT2D eigenvalue weighted by atomic mass is 9.96. The van der Waals surface area contributed by atoms with Crippen molar-refractivity contribution >= 4 is 23.5 Å². The first-order valence-electron chi connectivity index (χ1n) is 8.31. The Kier molecular flexibility index (Phi) is 4.63. The molecule has 134 valence electrons. The summed E-state index contributed by atoms with van der Waals surface area (Å²) in [5.74, 6) is 0.0516. The first-order chi connectivity index (χ1) is 11.9. The monoisotopic (exact) mass is 346 g/mol. The van der Waals surface area contributed by atoms with Gasteiger partial charge in [-0.25, -0.2) is 4.79 Å². The van der Waals surface area contributed by atoms with Gasteiger partial charge in [-0.05, 0) is 49.9 Å². The van der Waals surface area contributed by atoms with Crippen LogP contribution in [-0.4, -0.2) is 48.0 Å². The fraction of sp³-hybridized carbons (Fsp3) is 0.471. The van der Waals surface area contributed by atoms with Crippen LogP contribution in [0.3, 0.4) is 0 Å².